The van der Waals surface area contributed by atoms with Crippen molar-refractivity contribution in [2.24, 2.45) is 0 Å². The molecule has 0 radical (unpaired) electrons. The molecule has 0 heterocycles. The summed E-state index contributed by atoms with van der Waals surface area (Å²) in [4.78, 5) is 0. The van der Waals surface area contributed by atoms with Crippen LogP contribution < -0.4 is 4.74 Å². The van der Waals surface area contributed by atoms with Gasteiger partial charge >= 0.3 is 0 Å². The van der Waals surface area contributed by atoms with Gasteiger partial charge < -0.3 is 4.74 Å². The number of alkyl halides is 1. The maximum absolute atomic E-state index is 12.8. The van der Waals surface area contributed by atoms with Gasteiger partial charge in [0.2, 0.25) is 0 Å². The first kappa shape index (κ1) is 13.2. The van der Waals surface area contributed by atoms with Crippen LogP contribution in [-0.2, 0) is 12.5 Å². The quantitative estimate of drug-likeness (QED) is 0.733. The van der Waals surface area contributed by atoms with Gasteiger partial charge in [-0.15, -0.1) is 11.6 Å². The van der Waals surface area contributed by atoms with Gasteiger partial charge in [-0.2, -0.15) is 0 Å². The molecule has 0 aliphatic rings. The Labute approximate surface area is 115 Å². The fraction of sp³-hybridized carbons (Fsp3) is 0.143. The van der Waals surface area contributed by atoms with E-state index in [1.54, 1.807) is 18.2 Å². The lowest BCUT2D eigenvalue weighted by molar-refractivity contribution is 0.304. The Bertz CT molecular complexity index is 526. The molecule has 0 fully saturated rings. The average Bonchev–Trinajstić information content (AvgIpc) is 2.39. The summed E-state index contributed by atoms with van der Waals surface area (Å²) in [5.41, 5.74) is 1.71. The Morgan fingerprint density at radius 1 is 1.06 bits per heavy atom. The van der Waals surface area contributed by atoms with E-state index in [2.05, 4.69) is 0 Å². The third kappa shape index (κ3) is 3.15. The molecule has 18 heavy (non-hydrogen) atoms. The molecule has 0 bridgehead atoms. The summed E-state index contributed by atoms with van der Waals surface area (Å²) in [6, 6.07) is 11.6. The minimum absolute atomic E-state index is 0.266. The first-order valence-electron chi connectivity index (χ1n) is 5.41. The molecule has 0 aliphatic carbocycles. The lowest BCUT2D eigenvalue weighted by atomic mass is 10.2. The predicted octanol–water partition coefficient (Wildman–Crippen LogP) is 4.80. The first-order valence-corrected chi connectivity index (χ1v) is 6.32. The van der Waals surface area contributed by atoms with Crippen molar-refractivity contribution < 1.29 is 9.13 Å². The Kier molecular flexibility index (Phi) is 4.45. The number of ether oxygens (including phenoxy) is 1. The van der Waals surface area contributed by atoms with Gasteiger partial charge in [-0.3, -0.25) is 0 Å². The molecule has 0 saturated heterocycles. The van der Waals surface area contributed by atoms with E-state index in [-0.39, 0.29) is 5.82 Å². The van der Waals surface area contributed by atoms with Crippen molar-refractivity contribution in [2.45, 2.75) is 12.5 Å². The van der Waals surface area contributed by atoms with E-state index >= 15 is 0 Å². The lowest BCUT2D eigenvalue weighted by Crippen LogP contribution is -1.98. The van der Waals surface area contributed by atoms with Gasteiger partial charge in [0.05, 0.1) is 10.9 Å². The van der Waals surface area contributed by atoms with Crippen molar-refractivity contribution in [3.8, 4) is 5.75 Å². The van der Waals surface area contributed by atoms with Crippen LogP contribution in [0.15, 0.2) is 42.5 Å². The molecule has 0 atom stereocenters. The third-order valence-electron chi connectivity index (χ3n) is 2.49. The van der Waals surface area contributed by atoms with Gasteiger partial charge in [0.25, 0.3) is 0 Å². The van der Waals surface area contributed by atoms with Crippen LogP contribution in [0.25, 0.3) is 0 Å². The molecule has 0 N–H and O–H groups in total. The molecule has 2 aromatic rings. The summed E-state index contributed by atoms with van der Waals surface area (Å²) in [6.07, 6.45) is 0. The highest BCUT2D eigenvalue weighted by Crippen LogP contribution is 2.30. The van der Waals surface area contributed by atoms with Crippen LogP contribution in [0.2, 0.25) is 5.02 Å². The van der Waals surface area contributed by atoms with Gasteiger partial charge in [0.1, 0.15) is 18.2 Å². The number of rotatable bonds is 4. The zero-order chi connectivity index (χ0) is 13.0. The number of hydrogen-bond acceptors (Lipinski definition) is 1. The Balaban J connectivity index is 2.12. The molecule has 0 unspecified atom stereocenters. The normalized spacial score (nSPS) is 10.4. The van der Waals surface area contributed by atoms with Crippen LogP contribution >= 0.6 is 23.2 Å². The molecule has 0 aliphatic heterocycles. The second-order valence-electron chi connectivity index (χ2n) is 3.78. The maximum Gasteiger partial charge on any atom is 0.142 e. The van der Waals surface area contributed by atoms with E-state index in [0.717, 1.165) is 11.1 Å². The SMILES string of the molecule is Fc1ccc(COc2c(Cl)cccc2CCl)cc1. The second kappa shape index (κ2) is 6.07. The topological polar surface area (TPSA) is 9.23 Å². The Morgan fingerprint density at radius 2 is 1.78 bits per heavy atom. The predicted molar refractivity (Wildman–Crippen MR) is 71.7 cm³/mol. The summed E-state index contributed by atoms with van der Waals surface area (Å²) < 4.78 is 18.4. The first-order chi connectivity index (χ1) is 8.70. The molecule has 0 aromatic heterocycles. The van der Waals surface area contributed by atoms with Crippen LogP contribution in [-0.4, -0.2) is 0 Å². The zero-order valence-corrected chi connectivity index (χ0v) is 11.0. The van der Waals surface area contributed by atoms with Crippen molar-refractivity contribution in [2.75, 3.05) is 0 Å². The summed E-state index contributed by atoms with van der Waals surface area (Å²) >= 11 is 11.9. The van der Waals surface area contributed by atoms with E-state index in [9.17, 15) is 4.39 Å². The Morgan fingerprint density at radius 3 is 2.44 bits per heavy atom. The number of halogens is 3. The second-order valence-corrected chi connectivity index (χ2v) is 4.45. The van der Waals surface area contributed by atoms with Crippen molar-refractivity contribution in [3.05, 3.63) is 64.4 Å². The van der Waals surface area contributed by atoms with Crippen LogP contribution in [0.3, 0.4) is 0 Å². The number of hydrogen-bond donors (Lipinski definition) is 0. The number of para-hydroxylation sites is 1. The standard InChI is InChI=1S/C14H11Cl2FO/c15-8-11-2-1-3-13(16)14(11)18-9-10-4-6-12(17)7-5-10/h1-7H,8-9H2. The monoisotopic (exact) mass is 284 g/mol. The van der Waals surface area contributed by atoms with Crippen molar-refractivity contribution in [1.29, 1.82) is 0 Å². The zero-order valence-electron chi connectivity index (χ0n) is 9.50. The van der Waals surface area contributed by atoms with Gasteiger partial charge in [0, 0.05) is 5.56 Å². The highest BCUT2D eigenvalue weighted by atomic mass is 35.5. The fourth-order valence-corrected chi connectivity index (χ4v) is 2.02. The van der Waals surface area contributed by atoms with Crippen molar-refractivity contribution in [3.63, 3.8) is 0 Å². The summed E-state index contributed by atoms with van der Waals surface area (Å²) in [7, 11) is 0. The van der Waals surface area contributed by atoms with Gasteiger partial charge in [0.15, 0.2) is 0 Å². The van der Waals surface area contributed by atoms with E-state index in [1.165, 1.54) is 12.1 Å². The van der Waals surface area contributed by atoms with E-state index in [1.807, 2.05) is 12.1 Å². The van der Waals surface area contributed by atoms with Crippen molar-refractivity contribution >= 4 is 23.2 Å². The highest BCUT2D eigenvalue weighted by Gasteiger charge is 2.07. The molecule has 0 saturated carbocycles. The molecular weight excluding hydrogens is 274 g/mol. The Hall–Kier alpha value is -1.25. The van der Waals surface area contributed by atoms with E-state index in [4.69, 9.17) is 27.9 Å². The molecule has 2 rings (SSSR count). The molecular formula is C14H11Cl2FO. The molecule has 0 spiro atoms. The van der Waals surface area contributed by atoms with Crippen LogP contribution in [0.5, 0.6) is 5.75 Å². The van der Waals surface area contributed by atoms with E-state index in [0.29, 0.717) is 23.3 Å². The van der Waals surface area contributed by atoms with Crippen molar-refractivity contribution in [1.82, 2.24) is 0 Å². The summed E-state index contributed by atoms with van der Waals surface area (Å²) in [5.74, 6) is 0.649. The van der Waals surface area contributed by atoms with Gasteiger partial charge in [-0.1, -0.05) is 35.9 Å². The minimum atomic E-state index is -0.266. The minimum Gasteiger partial charge on any atom is -0.487 e. The largest absolute Gasteiger partial charge is 0.487 e. The molecule has 1 nitrogen and oxygen atoms in total. The van der Waals surface area contributed by atoms with Crippen LogP contribution in [0, 0.1) is 5.82 Å². The van der Waals surface area contributed by atoms with Crippen LogP contribution in [0.4, 0.5) is 4.39 Å². The van der Waals surface area contributed by atoms with Crippen LogP contribution in [0.1, 0.15) is 11.1 Å². The molecule has 4 heteroatoms. The fourth-order valence-electron chi connectivity index (χ4n) is 1.56. The third-order valence-corrected chi connectivity index (χ3v) is 3.07. The average molecular weight is 285 g/mol. The highest BCUT2D eigenvalue weighted by molar-refractivity contribution is 6.32. The smallest absolute Gasteiger partial charge is 0.142 e. The molecule has 0 amide bonds. The van der Waals surface area contributed by atoms with E-state index < -0.39 is 0 Å². The summed E-state index contributed by atoms with van der Waals surface area (Å²) in [6.45, 7) is 0.327. The maximum atomic E-state index is 12.8. The summed E-state index contributed by atoms with van der Waals surface area (Å²) in [5, 5.41) is 0.523. The van der Waals surface area contributed by atoms with Gasteiger partial charge in [-0.25, -0.2) is 4.39 Å². The molecule has 94 valence electrons. The molecule has 2 aromatic carbocycles. The van der Waals surface area contributed by atoms with Gasteiger partial charge in [-0.05, 0) is 23.8 Å². The number of benzene rings is 2. The lowest BCUT2D eigenvalue weighted by Gasteiger charge is -2.11.